The van der Waals surface area contributed by atoms with Gasteiger partial charge in [-0.3, -0.25) is 4.79 Å². The number of carbonyl (C=O) groups is 1. The molecule has 0 spiro atoms. The van der Waals surface area contributed by atoms with Gasteiger partial charge in [0.05, 0.1) is 12.8 Å². The van der Waals surface area contributed by atoms with Crippen LogP contribution < -0.4 is 14.5 Å². The number of methoxy groups -OCH3 is 1. The normalized spacial score (nSPS) is 16.7. The molecule has 0 radical (unpaired) electrons. The maximum atomic E-state index is 13.1. The van der Waals surface area contributed by atoms with E-state index in [9.17, 15) is 10.1 Å². The van der Waals surface area contributed by atoms with Gasteiger partial charge in [-0.1, -0.05) is 30.3 Å². The number of para-hydroxylation sites is 3. The largest absolute Gasteiger partial charge is 0.495 e. The molecular weight excluding hydrogens is 376 g/mol. The summed E-state index contributed by atoms with van der Waals surface area (Å²) in [6.45, 7) is 3.74. The van der Waals surface area contributed by atoms with Gasteiger partial charge in [-0.05, 0) is 36.6 Å². The molecule has 1 fully saturated rings. The zero-order valence-corrected chi connectivity index (χ0v) is 17.3. The van der Waals surface area contributed by atoms with Gasteiger partial charge in [-0.25, -0.2) is 0 Å². The molecule has 2 aliphatic rings. The standard InChI is InChI=1S/C24H26N4O2/c1-30-23-11-5-4-10-22(23)27-15-13-26(14-16-27)18-20(17-25)24(29)28-12-6-8-19-7-2-3-9-21(19)28/h2-5,7,9-11,18H,6,8,12-16H2,1H3/b20-18-. The van der Waals surface area contributed by atoms with Crippen LogP contribution in [0.2, 0.25) is 0 Å². The lowest BCUT2D eigenvalue weighted by atomic mass is 10.0. The highest BCUT2D eigenvalue weighted by Crippen LogP contribution is 2.29. The highest BCUT2D eigenvalue weighted by atomic mass is 16.5. The minimum atomic E-state index is -0.211. The van der Waals surface area contributed by atoms with E-state index in [-0.39, 0.29) is 11.5 Å². The summed E-state index contributed by atoms with van der Waals surface area (Å²) in [5.41, 5.74) is 3.36. The summed E-state index contributed by atoms with van der Waals surface area (Å²) in [6, 6.07) is 18.1. The molecule has 0 bridgehead atoms. The van der Waals surface area contributed by atoms with Crippen LogP contribution >= 0.6 is 0 Å². The topological polar surface area (TPSA) is 59.8 Å². The van der Waals surface area contributed by atoms with Crippen LogP contribution in [0, 0.1) is 11.3 Å². The lowest BCUT2D eigenvalue weighted by Crippen LogP contribution is -2.45. The Balaban J connectivity index is 1.46. The van der Waals surface area contributed by atoms with Crippen molar-refractivity contribution in [3.05, 3.63) is 65.9 Å². The number of nitrogens with zero attached hydrogens (tertiary/aromatic N) is 4. The van der Waals surface area contributed by atoms with Gasteiger partial charge in [-0.2, -0.15) is 5.26 Å². The summed E-state index contributed by atoms with van der Waals surface area (Å²) >= 11 is 0. The number of nitriles is 1. The van der Waals surface area contributed by atoms with Gasteiger partial charge in [0.25, 0.3) is 5.91 Å². The van der Waals surface area contributed by atoms with Crippen molar-refractivity contribution in [2.24, 2.45) is 0 Å². The van der Waals surface area contributed by atoms with E-state index < -0.39 is 0 Å². The van der Waals surface area contributed by atoms with Gasteiger partial charge in [0.2, 0.25) is 0 Å². The SMILES string of the molecule is COc1ccccc1N1CCN(/C=C(/C#N)C(=O)N2CCCc3ccccc32)CC1. The van der Waals surface area contributed by atoms with Gasteiger partial charge in [-0.15, -0.1) is 0 Å². The van der Waals surface area contributed by atoms with Crippen molar-refractivity contribution in [1.29, 1.82) is 5.26 Å². The summed E-state index contributed by atoms with van der Waals surface area (Å²) in [4.78, 5) is 19.2. The molecule has 30 heavy (non-hydrogen) atoms. The van der Waals surface area contributed by atoms with Crippen LogP contribution in [0.1, 0.15) is 12.0 Å². The summed E-state index contributed by atoms with van der Waals surface area (Å²) < 4.78 is 5.47. The molecule has 4 rings (SSSR count). The summed E-state index contributed by atoms with van der Waals surface area (Å²) in [5, 5.41) is 9.68. The van der Waals surface area contributed by atoms with Crippen molar-refractivity contribution < 1.29 is 9.53 Å². The van der Waals surface area contributed by atoms with E-state index in [1.807, 2.05) is 36.4 Å². The van der Waals surface area contributed by atoms with E-state index in [0.717, 1.165) is 56.1 Å². The molecule has 1 amide bonds. The minimum Gasteiger partial charge on any atom is -0.495 e. The Kier molecular flexibility index (Phi) is 5.89. The zero-order chi connectivity index (χ0) is 20.9. The molecule has 0 aromatic heterocycles. The number of amides is 1. The van der Waals surface area contributed by atoms with Crippen LogP contribution in [0.15, 0.2) is 60.3 Å². The quantitative estimate of drug-likeness (QED) is 0.581. The Morgan fingerprint density at radius 3 is 2.43 bits per heavy atom. The third kappa shape index (κ3) is 3.97. The average Bonchev–Trinajstić information content (AvgIpc) is 2.82. The molecule has 154 valence electrons. The molecule has 0 N–H and O–H groups in total. The van der Waals surface area contributed by atoms with Gasteiger partial charge < -0.3 is 19.4 Å². The first kappa shape index (κ1) is 19.8. The highest BCUT2D eigenvalue weighted by molar-refractivity contribution is 6.08. The Bertz CT molecular complexity index is 987. The zero-order valence-electron chi connectivity index (χ0n) is 17.3. The van der Waals surface area contributed by atoms with E-state index in [0.29, 0.717) is 6.54 Å². The van der Waals surface area contributed by atoms with Gasteiger partial charge in [0, 0.05) is 44.6 Å². The van der Waals surface area contributed by atoms with E-state index in [1.165, 1.54) is 5.56 Å². The lowest BCUT2D eigenvalue weighted by molar-refractivity contribution is -0.114. The number of benzene rings is 2. The molecule has 0 unspecified atom stereocenters. The number of aryl methyl sites for hydroxylation is 1. The molecule has 1 saturated heterocycles. The third-order valence-electron chi connectivity index (χ3n) is 5.76. The van der Waals surface area contributed by atoms with Gasteiger partial charge in [0.1, 0.15) is 17.4 Å². The lowest BCUT2D eigenvalue weighted by Gasteiger charge is -2.36. The molecule has 2 aromatic rings. The second kappa shape index (κ2) is 8.91. The predicted octanol–water partition coefficient (Wildman–Crippen LogP) is 3.20. The molecule has 0 aliphatic carbocycles. The second-order valence-corrected chi connectivity index (χ2v) is 7.54. The van der Waals surface area contributed by atoms with Gasteiger partial charge >= 0.3 is 0 Å². The average molecular weight is 402 g/mol. The molecule has 2 heterocycles. The molecule has 0 saturated carbocycles. The number of rotatable bonds is 4. The summed E-state index contributed by atoms with van der Waals surface area (Å²) in [7, 11) is 1.68. The third-order valence-corrected chi connectivity index (χ3v) is 5.76. The highest BCUT2D eigenvalue weighted by Gasteiger charge is 2.26. The number of hydrogen-bond acceptors (Lipinski definition) is 5. The smallest absolute Gasteiger partial charge is 0.270 e. The fourth-order valence-corrected chi connectivity index (χ4v) is 4.19. The monoisotopic (exact) mass is 402 g/mol. The maximum absolute atomic E-state index is 13.1. The Hall–Kier alpha value is -3.46. The van der Waals surface area contributed by atoms with Crippen molar-refractivity contribution in [2.75, 3.05) is 49.6 Å². The number of hydrogen-bond donors (Lipinski definition) is 0. The van der Waals surface area contributed by atoms with Crippen molar-refractivity contribution in [3.63, 3.8) is 0 Å². The Morgan fingerprint density at radius 1 is 1.00 bits per heavy atom. The number of fused-ring (bicyclic) bond motifs is 1. The number of anilines is 2. The molecule has 6 heteroatoms. The van der Waals surface area contributed by atoms with E-state index in [1.54, 1.807) is 18.2 Å². The van der Waals surface area contributed by atoms with Crippen molar-refractivity contribution in [3.8, 4) is 11.8 Å². The maximum Gasteiger partial charge on any atom is 0.270 e. The van der Waals surface area contributed by atoms with E-state index >= 15 is 0 Å². The Morgan fingerprint density at radius 2 is 1.70 bits per heavy atom. The van der Waals surface area contributed by atoms with Crippen molar-refractivity contribution in [2.45, 2.75) is 12.8 Å². The molecular formula is C24H26N4O2. The van der Waals surface area contributed by atoms with Crippen LogP contribution in [-0.4, -0.2) is 50.6 Å². The van der Waals surface area contributed by atoms with E-state index in [4.69, 9.17) is 4.74 Å². The first-order valence-corrected chi connectivity index (χ1v) is 10.3. The molecule has 2 aliphatic heterocycles. The summed E-state index contributed by atoms with van der Waals surface area (Å²) in [6.07, 6.45) is 3.62. The second-order valence-electron chi connectivity index (χ2n) is 7.54. The first-order chi connectivity index (χ1) is 14.7. The van der Waals surface area contributed by atoms with Gasteiger partial charge in [0.15, 0.2) is 0 Å². The fraction of sp³-hybridized carbons (Fsp3) is 0.333. The van der Waals surface area contributed by atoms with Crippen LogP contribution in [0.25, 0.3) is 0 Å². The van der Waals surface area contributed by atoms with Crippen molar-refractivity contribution in [1.82, 2.24) is 4.90 Å². The van der Waals surface area contributed by atoms with Crippen LogP contribution in [0.4, 0.5) is 11.4 Å². The fourth-order valence-electron chi connectivity index (χ4n) is 4.19. The Labute approximate surface area is 177 Å². The minimum absolute atomic E-state index is 0.192. The number of ether oxygens (including phenoxy) is 1. The number of carbonyl (C=O) groups excluding carboxylic acids is 1. The summed E-state index contributed by atoms with van der Waals surface area (Å²) in [5.74, 6) is 0.648. The van der Waals surface area contributed by atoms with Crippen molar-refractivity contribution >= 4 is 17.3 Å². The first-order valence-electron chi connectivity index (χ1n) is 10.3. The van der Waals surface area contributed by atoms with Crippen LogP contribution in [-0.2, 0) is 11.2 Å². The molecule has 2 aromatic carbocycles. The predicted molar refractivity (Wildman–Crippen MR) is 118 cm³/mol. The van der Waals surface area contributed by atoms with Crippen LogP contribution in [0.5, 0.6) is 5.75 Å². The number of piperazine rings is 1. The van der Waals surface area contributed by atoms with Crippen LogP contribution in [0.3, 0.4) is 0 Å². The molecule has 0 atom stereocenters. The molecule has 6 nitrogen and oxygen atoms in total. The van der Waals surface area contributed by atoms with E-state index in [2.05, 4.69) is 28.0 Å².